The number of anilines is 2. The molecule has 0 aliphatic carbocycles. The summed E-state index contributed by atoms with van der Waals surface area (Å²) in [5.41, 5.74) is 0.196. The molecule has 1 atom stereocenters. The highest BCUT2D eigenvalue weighted by atomic mass is 16.5. The normalized spacial score (nSPS) is 19.9. The average Bonchev–Trinajstić information content (AvgIpc) is 3.11. The second-order valence-electron chi connectivity index (χ2n) is 7.18. The summed E-state index contributed by atoms with van der Waals surface area (Å²) in [5.74, 6) is -1.46. The maximum atomic E-state index is 13.4. The number of carbonyl (C=O) groups is 4. The molecule has 0 radical (unpaired) electrons. The molecule has 2 aromatic rings. The van der Waals surface area contributed by atoms with Gasteiger partial charge >= 0.3 is 5.97 Å². The Bertz CT molecular complexity index is 1050. The number of nitrogens with one attached hydrogen (secondary N) is 1. The first-order valence-corrected chi connectivity index (χ1v) is 9.69. The lowest BCUT2D eigenvalue weighted by Crippen LogP contribution is -2.68. The van der Waals surface area contributed by atoms with E-state index in [1.165, 1.54) is 16.8 Å². The molecule has 2 aromatic carbocycles. The molecule has 0 spiro atoms. The fourth-order valence-electron chi connectivity index (χ4n) is 4.06. The first-order chi connectivity index (χ1) is 14.4. The van der Waals surface area contributed by atoms with Crippen molar-refractivity contribution in [1.82, 2.24) is 4.90 Å². The number of carbonyl (C=O) groups excluding carboxylic acids is 4. The minimum atomic E-state index is -1.44. The molecular weight excluding hydrogens is 386 g/mol. The van der Waals surface area contributed by atoms with Gasteiger partial charge in [-0.3, -0.25) is 19.3 Å². The Morgan fingerprint density at radius 2 is 1.80 bits per heavy atom. The average molecular weight is 407 g/mol. The lowest BCUT2D eigenvalue weighted by molar-refractivity contribution is -0.128. The third kappa shape index (κ3) is 2.83. The molecule has 1 N–H and O–H groups in total. The highest BCUT2D eigenvalue weighted by Gasteiger charge is 2.59. The van der Waals surface area contributed by atoms with Crippen LogP contribution in [0.3, 0.4) is 0 Å². The van der Waals surface area contributed by atoms with Gasteiger partial charge in [-0.15, -0.1) is 0 Å². The number of amides is 3. The van der Waals surface area contributed by atoms with E-state index in [4.69, 9.17) is 4.74 Å². The summed E-state index contributed by atoms with van der Waals surface area (Å²) in [7, 11) is 1.54. The Balaban J connectivity index is 1.67. The Kier molecular flexibility index (Phi) is 4.77. The number of fused-ring (bicyclic) bond motifs is 3. The SMILES string of the molecule is CCOC(=O)c1ccc(NC(=O)[C@@]23CCC(=O)N2c2ccccc2C(=O)N3C)cc1. The molecule has 0 bridgehead atoms. The topological polar surface area (TPSA) is 96.0 Å². The summed E-state index contributed by atoms with van der Waals surface area (Å²) in [5, 5.41) is 2.80. The molecule has 2 heterocycles. The van der Waals surface area contributed by atoms with Gasteiger partial charge in [0.05, 0.1) is 23.4 Å². The Hall–Kier alpha value is -3.68. The molecule has 0 aromatic heterocycles. The van der Waals surface area contributed by atoms with Crippen LogP contribution in [0.1, 0.15) is 40.5 Å². The third-order valence-corrected chi connectivity index (χ3v) is 5.56. The van der Waals surface area contributed by atoms with Crippen molar-refractivity contribution in [3.8, 4) is 0 Å². The zero-order valence-electron chi connectivity index (χ0n) is 16.7. The predicted molar refractivity (Wildman–Crippen MR) is 109 cm³/mol. The maximum Gasteiger partial charge on any atom is 0.338 e. The van der Waals surface area contributed by atoms with Gasteiger partial charge in [-0.25, -0.2) is 4.79 Å². The predicted octanol–water partition coefficient (Wildman–Crippen LogP) is 2.41. The van der Waals surface area contributed by atoms with Crippen LogP contribution in [0.15, 0.2) is 48.5 Å². The number of ether oxygens (including phenoxy) is 1. The van der Waals surface area contributed by atoms with Crippen molar-refractivity contribution in [2.24, 2.45) is 0 Å². The molecule has 4 rings (SSSR count). The van der Waals surface area contributed by atoms with Crippen molar-refractivity contribution in [2.45, 2.75) is 25.4 Å². The molecule has 3 amide bonds. The number of para-hydroxylation sites is 1. The monoisotopic (exact) mass is 407 g/mol. The van der Waals surface area contributed by atoms with Gasteiger partial charge in [0.2, 0.25) is 11.6 Å². The molecule has 0 saturated carbocycles. The largest absolute Gasteiger partial charge is 0.462 e. The number of rotatable bonds is 4. The highest BCUT2D eigenvalue weighted by Crippen LogP contribution is 2.44. The molecule has 2 aliphatic heterocycles. The van der Waals surface area contributed by atoms with Crippen LogP contribution in [0.5, 0.6) is 0 Å². The lowest BCUT2D eigenvalue weighted by Gasteiger charge is -2.47. The number of esters is 1. The summed E-state index contributed by atoms with van der Waals surface area (Å²) in [6, 6.07) is 13.1. The summed E-state index contributed by atoms with van der Waals surface area (Å²) < 4.78 is 4.96. The lowest BCUT2D eigenvalue weighted by atomic mass is 9.96. The number of hydrogen-bond donors (Lipinski definition) is 1. The van der Waals surface area contributed by atoms with Crippen molar-refractivity contribution in [3.05, 3.63) is 59.7 Å². The first kappa shape index (κ1) is 19.6. The van der Waals surface area contributed by atoms with Crippen molar-refractivity contribution >= 4 is 35.1 Å². The van der Waals surface area contributed by atoms with Crippen molar-refractivity contribution in [2.75, 3.05) is 23.9 Å². The van der Waals surface area contributed by atoms with Gasteiger partial charge in [0, 0.05) is 25.6 Å². The van der Waals surface area contributed by atoms with Gasteiger partial charge in [-0.2, -0.15) is 0 Å². The zero-order chi connectivity index (χ0) is 21.5. The molecule has 2 aliphatic rings. The van der Waals surface area contributed by atoms with Gasteiger partial charge in [0.15, 0.2) is 0 Å². The third-order valence-electron chi connectivity index (χ3n) is 5.56. The van der Waals surface area contributed by atoms with E-state index < -0.39 is 17.5 Å². The van der Waals surface area contributed by atoms with Crippen LogP contribution < -0.4 is 10.2 Å². The highest BCUT2D eigenvalue weighted by molar-refractivity contribution is 6.18. The van der Waals surface area contributed by atoms with Crippen molar-refractivity contribution in [1.29, 1.82) is 0 Å². The number of hydrogen-bond acceptors (Lipinski definition) is 5. The molecule has 1 fully saturated rings. The number of benzene rings is 2. The van der Waals surface area contributed by atoms with Crippen LogP contribution in [0, 0.1) is 0 Å². The van der Waals surface area contributed by atoms with Crippen molar-refractivity contribution in [3.63, 3.8) is 0 Å². The fraction of sp³-hybridized carbons (Fsp3) is 0.273. The van der Waals surface area contributed by atoms with Gasteiger partial charge in [-0.05, 0) is 43.3 Å². The van der Waals surface area contributed by atoms with E-state index in [0.29, 0.717) is 22.5 Å². The van der Waals surface area contributed by atoms with Gasteiger partial charge in [0.1, 0.15) is 0 Å². The van der Waals surface area contributed by atoms with Crippen LogP contribution in [0.25, 0.3) is 0 Å². The maximum absolute atomic E-state index is 13.4. The summed E-state index contributed by atoms with van der Waals surface area (Å²) in [6.45, 7) is 1.99. The van der Waals surface area contributed by atoms with E-state index in [2.05, 4.69) is 5.32 Å². The van der Waals surface area contributed by atoms with E-state index in [0.717, 1.165) is 0 Å². The van der Waals surface area contributed by atoms with Gasteiger partial charge in [-0.1, -0.05) is 12.1 Å². The van der Waals surface area contributed by atoms with Gasteiger partial charge in [0.25, 0.3) is 11.8 Å². The van der Waals surface area contributed by atoms with E-state index in [-0.39, 0.29) is 31.3 Å². The van der Waals surface area contributed by atoms with E-state index in [9.17, 15) is 19.2 Å². The van der Waals surface area contributed by atoms with Gasteiger partial charge < -0.3 is 15.0 Å². The van der Waals surface area contributed by atoms with Crippen LogP contribution in [-0.2, 0) is 14.3 Å². The fourth-order valence-corrected chi connectivity index (χ4v) is 4.06. The number of likely N-dealkylation sites (N-methyl/N-ethyl adjacent to an activating group) is 1. The summed E-state index contributed by atoms with van der Waals surface area (Å²) in [6.07, 6.45) is 0.344. The summed E-state index contributed by atoms with van der Waals surface area (Å²) in [4.78, 5) is 53.7. The second kappa shape index (κ2) is 7.29. The smallest absolute Gasteiger partial charge is 0.338 e. The summed E-state index contributed by atoms with van der Waals surface area (Å²) >= 11 is 0. The molecule has 8 heteroatoms. The molecule has 30 heavy (non-hydrogen) atoms. The molecular formula is C22H21N3O5. The minimum absolute atomic E-state index is 0.154. The quantitative estimate of drug-likeness (QED) is 0.786. The van der Waals surface area contributed by atoms with Crippen LogP contribution in [-0.4, -0.2) is 47.9 Å². The molecule has 1 saturated heterocycles. The Labute approximate surface area is 173 Å². The van der Waals surface area contributed by atoms with Crippen LogP contribution in [0.2, 0.25) is 0 Å². The van der Waals surface area contributed by atoms with Crippen LogP contribution >= 0.6 is 0 Å². The van der Waals surface area contributed by atoms with Crippen LogP contribution in [0.4, 0.5) is 11.4 Å². The molecule has 0 unspecified atom stereocenters. The zero-order valence-corrected chi connectivity index (χ0v) is 16.7. The minimum Gasteiger partial charge on any atom is -0.462 e. The second-order valence-corrected chi connectivity index (χ2v) is 7.18. The van der Waals surface area contributed by atoms with E-state index >= 15 is 0 Å². The Morgan fingerprint density at radius 3 is 2.50 bits per heavy atom. The standard InChI is InChI=1S/C22H21N3O5/c1-3-30-20(28)14-8-10-15(11-9-14)23-21(29)22-13-12-18(26)25(22)17-7-5-4-6-16(17)19(27)24(22)2/h4-11H,3,12-13H2,1-2H3,(H,23,29)/t22-/m1/s1. The number of nitrogens with zero attached hydrogens (tertiary/aromatic N) is 2. The molecule has 154 valence electrons. The Morgan fingerprint density at radius 1 is 1.10 bits per heavy atom. The van der Waals surface area contributed by atoms with E-state index in [1.807, 2.05) is 0 Å². The first-order valence-electron chi connectivity index (χ1n) is 9.69. The van der Waals surface area contributed by atoms with E-state index in [1.54, 1.807) is 55.5 Å². The van der Waals surface area contributed by atoms with Crippen molar-refractivity contribution < 1.29 is 23.9 Å². The molecule has 8 nitrogen and oxygen atoms in total.